The number of aryl methyl sites for hydroxylation is 2. The molecule has 0 unspecified atom stereocenters. The zero-order chi connectivity index (χ0) is 21.0. The predicted molar refractivity (Wildman–Crippen MR) is 113 cm³/mol. The molecule has 1 saturated heterocycles. The largest absolute Gasteiger partial charge is 0.326 e. The van der Waals surface area contributed by atoms with E-state index in [0.717, 1.165) is 29.7 Å². The quantitative estimate of drug-likeness (QED) is 0.766. The van der Waals surface area contributed by atoms with Gasteiger partial charge in [0.25, 0.3) is 0 Å². The second kappa shape index (κ2) is 9.07. The summed E-state index contributed by atoms with van der Waals surface area (Å²) in [6.07, 6.45) is 1.55. The van der Waals surface area contributed by atoms with Crippen molar-refractivity contribution in [3.05, 3.63) is 59.4 Å². The van der Waals surface area contributed by atoms with Crippen LogP contribution in [0.15, 0.2) is 42.5 Å². The van der Waals surface area contributed by atoms with E-state index in [1.165, 1.54) is 12.1 Å². The van der Waals surface area contributed by atoms with Crippen LogP contribution in [-0.4, -0.2) is 29.9 Å². The van der Waals surface area contributed by atoms with Gasteiger partial charge in [0.2, 0.25) is 5.91 Å². The molecule has 5 nitrogen and oxygen atoms in total. The van der Waals surface area contributed by atoms with E-state index in [9.17, 15) is 14.0 Å². The summed E-state index contributed by atoms with van der Waals surface area (Å²) in [5.41, 5.74) is 3.58. The summed E-state index contributed by atoms with van der Waals surface area (Å²) in [7, 11) is 0. The molecule has 0 aliphatic carbocycles. The van der Waals surface area contributed by atoms with Gasteiger partial charge in [-0.25, -0.2) is 9.18 Å². The Labute approximate surface area is 171 Å². The van der Waals surface area contributed by atoms with Gasteiger partial charge in [0, 0.05) is 30.4 Å². The van der Waals surface area contributed by atoms with E-state index in [0.29, 0.717) is 18.8 Å². The number of likely N-dealkylation sites (tertiary alicyclic amines) is 1. The van der Waals surface area contributed by atoms with Crippen molar-refractivity contribution >= 4 is 23.3 Å². The Bertz CT molecular complexity index is 874. The van der Waals surface area contributed by atoms with Crippen molar-refractivity contribution in [1.82, 2.24) is 4.90 Å². The molecule has 1 aliphatic heterocycles. The molecule has 0 aromatic heterocycles. The van der Waals surface area contributed by atoms with Crippen LogP contribution in [0, 0.1) is 31.5 Å². The van der Waals surface area contributed by atoms with Gasteiger partial charge in [-0.3, -0.25) is 4.79 Å². The monoisotopic (exact) mass is 397 g/mol. The molecule has 3 rings (SSSR count). The molecule has 0 bridgehead atoms. The summed E-state index contributed by atoms with van der Waals surface area (Å²) >= 11 is 0. The second-order valence-corrected chi connectivity index (χ2v) is 7.86. The Hall–Kier alpha value is -2.89. The van der Waals surface area contributed by atoms with E-state index in [4.69, 9.17) is 0 Å². The number of carbonyl (C=O) groups is 2. The fraction of sp³-hybridized carbons (Fsp3) is 0.391. The topological polar surface area (TPSA) is 61.4 Å². The van der Waals surface area contributed by atoms with Gasteiger partial charge >= 0.3 is 6.03 Å². The highest BCUT2D eigenvalue weighted by Crippen LogP contribution is 2.27. The first-order valence-corrected chi connectivity index (χ1v) is 10.0. The van der Waals surface area contributed by atoms with Gasteiger partial charge in [-0.15, -0.1) is 0 Å². The molecule has 154 valence electrons. The Balaban J connectivity index is 1.51. The number of urea groups is 1. The summed E-state index contributed by atoms with van der Waals surface area (Å²) in [5.74, 6) is -0.211. The maximum atomic E-state index is 13.0. The van der Waals surface area contributed by atoms with Crippen LogP contribution < -0.4 is 10.6 Å². The van der Waals surface area contributed by atoms with Crippen LogP contribution >= 0.6 is 0 Å². The Morgan fingerprint density at radius 3 is 2.34 bits per heavy atom. The highest BCUT2D eigenvalue weighted by molar-refractivity contribution is 5.93. The third kappa shape index (κ3) is 5.34. The van der Waals surface area contributed by atoms with Gasteiger partial charge in [-0.2, -0.15) is 0 Å². The first-order valence-electron chi connectivity index (χ1n) is 10.0. The van der Waals surface area contributed by atoms with Crippen LogP contribution in [0.1, 0.15) is 30.9 Å². The molecular weight excluding hydrogens is 369 g/mol. The van der Waals surface area contributed by atoms with Crippen LogP contribution in [-0.2, 0) is 4.79 Å². The number of hydrogen-bond acceptors (Lipinski definition) is 2. The lowest BCUT2D eigenvalue weighted by Gasteiger charge is -2.34. The lowest BCUT2D eigenvalue weighted by Crippen LogP contribution is -2.43. The third-order valence-electron chi connectivity index (χ3n) is 5.69. The molecule has 1 heterocycles. The number of halogens is 1. The van der Waals surface area contributed by atoms with E-state index in [-0.39, 0.29) is 29.6 Å². The fourth-order valence-corrected chi connectivity index (χ4v) is 3.67. The molecule has 6 heteroatoms. The lowest BCUT2D eigenvalue weighted by molar-refractivity contribution is -0.121. The fourth-order valence-electron chi connectivity index (χ4n) is 3.67. The van der Waals surface area contributed by atoms with Crippen molar-refractivity contribution in [2.24, 2.45) is 11.8 Å². The first-order chi connectivity index (χ1) is 13.8. The molecule has 2 aromatic carbocycles. The Morgan fingerprint density at radius 1 is 1.03 bits per heavy atom. The first kappa shape index (κ1) is 20.8. The smallest absolute Gasteiger partial charge is 0.321 e. The van der Waals surface area contributed by atoms with Gasteiger partial charge < -0.3 is 15.5 Å². The summed E-state index contributed by atoms with van der Waals surface area (Å²) in [6, 6.07) is 11.6. The number of benzene rings is 2. The molecule has 1 fully saturated rings. The number of hydrogen-bond donors (Lipinski definition) is 2. The van der Waals surface area contributed by atoms with Crippen LogP contribution in [0.3, 0.4) is 0 Å². The number of carbonyl (C=O) groups excluding carboxylic acids is 2. The maximum Gasteiger partial charge on any atom is 0.321 e. The van der Waals surface area contributed by atoms with Crippen LogP contribution in [0.4, 0.5) is 20.6 Å². The number of nitrogens with zero attached hydrogens (tertiary/aromatic N) is 1. The van der Waals surface area contributed by atoms with Crippen molar-refractivity contribution in [3.63, 3.8) is 0 Å². The minimum absolute atomic E-state index is 0.0212. The van der Waals surface area contributed by atoms with Crippen molar-refractivity contribution in [2.75, 3.05) is 23.7 Å². The summed E-state index contributed by atoms with van der Waals surface area (Å²) in [4.78, 5) is 26.9. The van der Waals surface area contributed by atoms with Crippen molar-refractivity contribution in [2.45, 2.75) is 33.6 Å². The summed E-state index contributed by atoms with van der Waals surface area (Å²) in [5, 5.41) is 5.85. The number of rotatable bonds is 4. The van der Waals surface area contributed by atoms with Gasteiger partial charge in [-0.1, -0.05) is 19.1 Å². The molecule has 0 spiro atoms. The van der Waals surface area contributed by atoms with Crippen molar-refractivity contribution in [1.29, 1.82) is 0 Å². The third-order valence-corrected chi connectivity index (χ3v) is 5.69. The molecule has 2 N–H and O–H groups in total. The molecule has 1 aliphatic rings. The maximum absolute atomic E-state index is 13.0. The van der Waals surface area contributed by atoms with Crippen molar-refractivity contribution in [3.8, 4) is 0 Å². The standard InChI is InChI=1S/C23H28FN3O2/c1-15-4-5-16(2)21(14-15)26-22(28)17(3)18-10-12-27(13-11-18)23(29)25-20-8-6-19(24)7-9-20/h4-9,14,17-18H,10-13H2,1-3H3,(H,25,29)(H,26,28)/t17-/m1/s1. The average molecular weight is 397 g/mol. The Morgan fingerprint density at radius 2 is 1.69 bits per heavy atom. The van der Waals surface area contributed by atoms with E-state index in [1.54, 1.807) is 17.0 Å². The molecule has 1 atom stereocenters. The summed E-state index contributed by atoms with van der Waals surface area (Å²) in [6.45, 7) is 7.14. The highest BCUT2D eigenvalue weighted by atomic mass is 19.1. The van der Waals surface area contributed by atoms with Gasteiger partial charge in [0.05, 0.1) is 0 Å². The molecule has 2 aromatic rings. The molecule has 29 heavy (non-hydrogen) atoms. The van der Waals surface area contributed by atoms with E-state index in [2.05, 4.69) is 10.6 Å². The number of amides is 3. The minimum Gasteiger partial charge on any atom is -0.326 e. The van der Waals surface area contributed by atoms with Gasteiger partial charge in [-0.05, 0) is 74.1 Å². The zero-order valence-electron chi connectivity index (χ0n) is 17.2. The average Bonchev–Trinajstić information content (AvgIpc) is 2.72. The minimum atomic E-state index is -0.336. The molecule has 0 saturated carbocycles. The molecule has 3 amide bonds. The van der Waals surface area contributed by atoms with Gasteiger partial charge in [0.1, 0.15) is 5.82 Å². The normalized spacial score (nSPS) is 15.7. The number of nitrogens with one attached hydrogen (secondary N) is 2. The lowest BCUT2D eigenvalue weighted by atomic mass is 9.85. The van der Waals surface area contributed by atoms with E-state index in [1.807, 2.05) is 39.0 Å². The highest BCUT2D eigenvalue weighted by Gasteiger charge is 2.30. The van der Waals surface area contributed by atoms with Gasteiger partial charge in [0.15, 0.2) is 0 Å². The second-order valence-electron chi connectivity index (χ2n) is 7.86. The van der Waals surface area contributed by atoms with E-state index >= 15 is 0 Å². The number of anilines is 2. The van der Waals surface area contributed by atoms with Crippen LogP contribution in [0.2, 0.25) is 0 Å². The van der Waals surface area contributed by atoms with E-state index < -0.39 is 0 Å². The van der Waals surface area contributed by atoms with Crippen molar-refractivity contribution < 1.29 is 14.0 Å². The zero-order valence-corrected chi connectivity index (χ0v) is 17.2. The van der Waals surface area contributed by atoms with Crippen LogP contribution in [0.5, 0.6) is 0 Å². The summed E-state index contributed by atoms with van der Waals surface area (Å²) < 4.78 is 13.0. The number of piperidine rings is 1. The molecule has 0 radical (unpaired) electrons. The van der Waals surface area contributed by atoms with Crippen LogP contribution in [0.25, 0.3) is 0 Å². The molecular formula is C23H28FN3O2. The predicted octanol–water partition coefficient (Wildman–Crippen LogP) is 4.96. The SMILES string of the molecule is Cc1ccc(C)c(NC(=O)[C@H](C)C2CCN(C(=O)Nc3ccc(F)cc3)CC2)c1. The Kier molecular flexibility index (Phi) is 6.52.